The Morgan fingerprint density at radius 3 is 2.38 bits per heavy atom. The topological polar surface area (TPSA) is 57.5 Å². The van der Waals surface area contributed by atoms with Crippen LogP contribution in [0.5, 0.6) is 0 Å². The van der Waals surface area contributed by atoms with Gasteiger partial charge < -0.3 is 10.2 Å². The summed E-state index contributed by atoms with van der Waals surface area (Å²) in [4.78, 5) is 9.79. The van der Waals surface area contributed by atoms with Gasteiger partial charge in [0, 0.05) is 0 Å². The molecule has 0 spiro atoms. The van der Waals surface area contributed by atoms with Crippen LogP contribution in [0.25, 0.3) is 0 Å². The van der Waals surface area contributed by atoms with Crippen LogP contribution in [0.4, 0.5) is 0 Å². The summed E-state index contributed by atoms with van der Waals surface area (Å²) in [5, 5.41) is 16.5. The number of allylic oxidation sites excluding steroid dienone is 1. The van der Waals surface area contributed by atoms with Gasteiger partial charge in [0.05, 0.1) is 0 Å². The molecule has 0 aromatic heterocycles. The predicted molar refractivity (Wildman–Crippen MR) is 28.5 cm³/mol. The van der Waals surface area contributed by atoms with Crippen LogP contribution in [0.1, 0.15) is 6.92 Å². The van der Waals surface area contributed by atoms with Crippen molar-refractivity contribution in [1.82, 2.24) is 0 Å². The lowest BCUT2D eigenvalue weighted by Gasteiger charge is -1.93. The number of aliphatic hydroxyl groups excluding tert-OH is 1. The first-order valence-corrected chi connectivity index (χ1v) is 2.22. The summed E-state index contributed by atoms with van der Waals surface area (Å²) >= 11 is 0. The highest BCUT2D eigenvalue weighted by atomic mass is 16.4. The van der Waals surface area contributed by atoms with Crippen LogP contribution in [-0.4, -0.2) is 22.3 Å². The Labute approximate surface area is 47.3 Å². The van der Waals surface area contributed by atoms with Gasteiger partial charge in [0.15, 0.2) is 6.10 Å². The second kappa shape index (κ2) is 3.21. The molecule has 0 amide bonds. The smallest absolute Gasteiger partial charge is 0.336 e. The normalized spacial score (nSPS) is 14.2. The van der Waals surface area contributed by atoms with E-state index >= 15 is 0 Å². The van der Waals surface area contributed by atoms with Crippen molar-refractivity contribution in [2.75, 3.05) is 0 Å². The number of carbonyl (C=O) groups is 1. The van der Waals surface area contributed by atoms with Crippen molar-refractivity contribution in [3.05, 3.63) is 12.2 Å². The van der Waals surface area contributed by atoms with E-state index in [-0.39, 0.29) is 0 Å². The average Bonchev–Trinajstić information content (AvgIpc) is 1.67. The van der Waals surface area contributed by atoms with E-state index in [1.165, 1.54) is 12.2 Å². The molecule has 3 heteroatoms. The van der Waals surface area contributed by atoms with Crippen molar-refractivity contribution in [2.45, 2.75) is 13.0 Å². The minimum atomic E-state index is -1.35. The van der Waals surface area contributed by atoms with E-state index in [0.29, 0.717) is 0 Å². The van der Waals surface area contributed by atoms with Crippen LogP contribution in [-0.2, 0) is 4.79 Å². The molecule has 1 atom stereocenters. The van der Waals surface area contributed by atoms with E-state index in [1.54, 1.807) is 6.92 Å². The van der Waals surface area contributed by atoms with Crippen molar-refractivity contribution in [3.63, 3.8) is 0 Å². The molecule has 3 nitrogen and oxygen atoms in total. The summed E-state index contributed by atoms with van der Waals surface area (Å²) in [5.74, 6) is -1.22. The van der Waals surface area contributed by atoms with Crippen molar-refractivity contribution >= 4 is 5.97 Å². The van der Waals surface area contributed by atoms with E-state index in [4.69, 9.17) is 10.2 Å². The number of carboxylic acids is 1. The molecule has 0 aliphatic rings. The quantitative estimate of drug-likeness (QED) is 0.499. The Morgan fingerprint density at radius 2 is 2.25 bits per heavy atom. The highest BCUT2D eigenvalue weighted by Gasteiger charge is 2.05. The molecule has 8 heavy (non-hydrogen) atoms. The fourth-order valence-corrected chi connectivity index (χ4v) is 0.265. The second-order valence-corrected chi connectivity index (χ2v) is 1.31. The predicted octanol–water partition coefficient (Wildman–Crippen LogP) is 0.00800. The van der Waals surface area contributed by atoms with Gasteiger partial charge in [-0.25, -0.2) is 4.79 Å². The maximum Gasteiger partial charge on any atom is 0.336 e. The second-order valence-electron chi connectivity index (χ2n) is 1.31. The zero-order valence-corrected chi connectivity index (χ0v) is 4.53. The van der Waals surface area contributed by atoms with Gasteiger partial charge in [-0.1, -0.05) is 6.08 Å². The van der Waals surface area contributed by atoms with Crippen LogP contribution < -0.4 is 0 Å². The molecule has 0 heterocycles. The molecule has 0 rings (SSSR count). The summed E-state index contributed by atoms with van der Waals surface area (Å²) in [7, 11) is 0. The molecule has 2 N–H and O–H groups in total. The lowest BCUT2D eigenvalue weighted by molar-refractivity contribution is -0.144. The summed E-state index contributed by atoms with van der Waals surface area (Å²) in [6, 6.07) is 0. The van der Waals surface area contributed by atoms with Crippen LogP contribution in [0.15, 0.2) is 12.2 Å². The molecule has 0 saturated heterocycles. The van der Waals surface area contributed by atoms with Crippen molar-refractivity contribution in [1.29, 1.82) is 0 Å². The third-order valence-electron chi connectivity index (χ3n) is 0.628. The molecular formula is C5H8O3. The molecule has 0 aliphatic heterocycles. The first kappa shape index (κ1) is 7.17. The molecule has 46 valence electrons. The first-order chi connectivity index (χ1) is 3.68. The molecule has 0 aromatic rings. The Bertz CT molecular complexity index is 106. The summed E-state index contributed by atoms with van der Waals surface area (Å²) < 4.78 is 0. The van der Waals surface area contributed by atoms with Crippen LogP contribution in [0, 0.1) is 0 Å². The van der Waals surface area contributed by atoms with Gasteiger partial charge in [-0.3, -0.25) is 0 Å². The SMILES string of the molecule is C/C=C/[C@@H](O)C(=O)O. The number of aliphatic hydroxyl groups is 1. The van der Waals surface area contributed by atoms with Crippen molar-refractivity contribution in [3.8, 4) is 0 Å². The average molecular weight is 116 g/mol. The van der Waals surface area contributed by atoms with E-state index in [2.05, 4.69) is 0 Å². The summed E-state index contributed by atoms with van der Waals surface area (Å²) in [6.45, 7) is 1.64. The van der Waals surface area contributed by atoms with Crippen LogP contribution >= 0.6 is 0 Å². The Kier molecular flexibility index (Phi) is 2.88. The van der Waals surface area contributed by atoms with Gasteiger partial charge in [0.25, 0.3) is 0 Å². The lowest BCUT2D eigenvalue weighted by Crippen LogP contribution is -2.15. The highest BCUT2D eigenvalue weighted by Crippen LogP contribution is 1.83. The van der Waals surface area contributed by atoms with Gasteiger partial charge in [-0.15, -0.1) is 0 Å². The van der Waals surface area contributed by atoms with Gasteiger partial charge in [0.2, 0.25) is 0 Å². The molecule has 0 fully saturated rings. The standard InChI is InChI=1S/C5H8O3/c1-2-3-4(6)5(7)8/h2-4,6H,1H3,(H,7,8)/b3-2+/t4-/m1/s1. The Balaban J connectivity index is 3.64. The van der Waals surface area contributed by atoms with Crippen LogP contribution in [0.3, 0.4) is 0 Å². The van der Waals surface area contributed by atoms with E-state index in [0.717, 1.165) is 0 Å². The van der Waals surface area contributed by atoms with E-state index in [1.807, 2.05) is 0 Å². The minimum absolute atomic E-state index is 1.20. The van der Waals surface area contributed by atoms with Gasteiger partial charge >= 0.3 is 5.97 Å². The third-order valence-corrected chi connectivity index (χ3v) is 0.628. The number of rotatable bonds is 2. The number of aliphatic carboxylic acids is 1. The van der Waals surface area contributed by atoms with Crippen LogP contribution in [0.2, 0.25) is 0 Å². The highest BCUT2D eigenvalue weighted by molar-refractivity contribution is 5.74. The largest absolute Gasteiger partial charge is 0.479 e. The Hall–Kier alpha value is -0.830. The van der Waals surface area contributed by atoms with Crippen molar-refractivity contribution in [2.24, 2.45) is 0 Å². The zero-order chi connectivity index (χ0) is 6.57. The van der Waals surface area contributed by atoms with Gasteiger partial charge in [-0.05, 0) is 13.0 Å². The molecular weight excluding hydrogens is 108 g/mol. The summed E-state index contributed by atoms with van der Waals surface area (Å²) in [5.41, 5.74) is 0. The van der Waals surface area contributed by atoms with E-state index < -0.39 is 12.1 Å². The molecule has 0 aromatic carbocycles. The monoisotopic (exact) mass is 116 g/mol. The molecule has 0 aliphatic carbocycles. The molecule has 0 unspecified atom stereocenters. The molecule has 0 radical (unpaired) electrons. The fraction of sp³-hybridized carbons (Fsp3) is 0.400. The molecule has 0 saturated carbocycles. The maximum absolute atomic E-state index is 9.79. The Morgan fingerprint density at radius 1 is 1.75 bits per heavy atom. The lowest BCUT2D eigenvalue weighted by atomic mass is 10.3. The molecule has 0 bridgehead atoms. The summed E-state index contributed by atoms with van der Waals surface area (Å²) in [6.07, 6.45) is 1.33. The first-order valence-electron chi connectivity index (χ1n) is 2.22. The minimum Gasteiger partial charge on any atom is -0.479 e. The maximum atomic E-state index is 9.79. The van der Waals surface area contributed by atoms with Gasteiger partial charge in [-0.2, -0.15) is 0 Å². The fourth-order valence-electron chi connectivity index (χ4n) is 0.265. The zero-order valence-electron chi connectivity index (χ0n) is 4.53. The third kappa shape index (κ3) is 2.36. The number of hydrogen-bond donors (Lipinski definition) is 2. The van der Waals surface area contributed by atoms with E-state index in [9.17, 15) is 4.79 Å². The number of carboxylic acid groups (broad SMARTS) is 1. The van der Waals surface area contributed by atoms with Crippen molar-refractivity contribution < 1.29 is 15.0 Å². The number of hydrogen-bond acceptors (Lipinski definition) is 2. The van der Waals surface area contributed by atoms with Gasteiger partial charge in [0.1, 0.15) is 0 Å².